The average molecular weight is 503 g/mol. The topological polar surface area (TPSA) is 91.9 Å². The van der Waals surface area contributed by atoms with Crippen molar-refractivity contribution in [3.63, 3.8) is 0 Å². The van der Waals surface area contributed by atoms with Crippen LogP contribution < -0.4 is 10.5 Å². The molecule has 1 aliphatic rings. The van der Waals surface area contributed by atoms with Crippen molar-refractivity contribution in [3.05, 3.63) is 65.0 Å². The summed E-state index contributed by atoms with van der Waals surface area (Å²) in [6.45, 7) is 5.53. The van der Waals surface area contributed by atoms with Gasteiger partial charge in [-0.25, -0.2) is 4.98 Å². The molecule has 186 valence electrons. The summed E-state index contributed by atoms with van der Waals surface area (Å²) < 4.78 is 5.31. The number of aliphatic hydroxyl groups excluding tert-OH is 1. The Labute approximate surface area is 214 Å². The maximum absolute atomic E-state index is 13.5. The molecule has 0 spiro atoms. The number of rotatable bonds is 6. The van der Waals surface area contributed by atoms with Gasteiger partial charge in [-0.05, 0) is 48.4 Å². The number of hydrogen-bond donors (Lipinski definition) is 2. The zero-order valence-electron chi connectivity index (χ0n) is 20.5. The number of aryl methyl sites for hydroxylation is 1. The summed E-state index contributed by atoms with van der Waals surface area (Å²) in [5, 5.41) is 10.0. The molecule has 0 atom stereocenters. The van der Waals surface area contributed by atoms with Gasteiger partial charge in [0, 0.05) is 43.7 Å². The van der Waals surface area contributed by atoms with Crippen molar-refractivity contribution < 1.29 is 14.6 Å². The third-order valence-corrected chi connectivity index (χ3v) is 7.80. The lowest BCUT2D eigenvalue weighted by atomic mass is 9.98. The predicted molar refractivity (Wildman–Crippen MR) is 146 cm³/mol. The molecule has 3 N–H and O–H groups in total. The van der Waals surface area contributed by atoms with Gasteiger partial charge in [-0.3, -0.25) is 9.69 Å². The molecule has 3 heterocycles. The van der Waals surface area contributed by atoms with E-state index in [1.54, 1.807) is 7.11 Å². The van der Waals surface area contributed by atoms with Crippen molar-refractivity contribution in [2.24, 2.45) is 0 Å². The van der Waals surface area contributed by atoms with E-state index in [1.165, 1.54) is 16.9 Å². The van der Waals surface area contributed by atoms with E-state index in [4.69, 9.17) is 15.5 Å². The molecular formula is C28H30N4O3S. The fraction of sp³-hybridized carbons (Fsp3) is 0.286. The molecule has 0 aliphatic carbocycles. The SMILES string of the molecule is COc1ccc(-c2cc(-c3ccc(C)cc3)c3c(N)c(C(=O)N4CCN(CCO)CC4)sc3n2)cc1. The molecule has 7 nitrogen and oxygen atoms in total. The third-order valence-electron chi connectivity index (χ3n) is 6.72. The van der Waals surface area contributed by atoms with Gasteiger partial charge in [0.05, 0.1) is 25.1 Å². The van der Waals surface area contributed by atoms with Crippen LogP contribution in [0.1, 0.15) is 15.2 Å². The lowest BCUT2D eigenvalue weighted by Crippen LogP contribution is -2.49. The van der Waals surface area contributed by atoms with Crippen LogP contribution in [0, 0.1) is 6.92 Å². The second-order valence-electron chi connectivity index (χ2n) is 9.03. The van der Waals surface area contributed by atoms with Gasteiger partial charge in [0.2, 0.25) is 0 Å². The fourth-order valence-electron chi connectivity index (χ4n) is 4.61. The average Bonchev–Trinajstić information content (AvgIpc) is 3.25. The molecule has 1 fully saturated rings. The molecule has 36 heavy (non-hydrogen) atoms. The molecule has 4 aromatic rings. The van der Waals surface area contributed by atoms with E-state index in [9.17, 15) is 9.90 Å². The molecule has 0 saturated carbocycles. The highest BCUT2D eigenvalue weighted by Gasteiger charge is 2.27. The molecule has 0 bridgehead atoms. The van der Waals surface area contributed by atoms with E-state index in [0.717, 1.165) is 51.4 Å². The van der Waals surface area contributed by atoms with Crippen molar-refractivity contribution in [2.75, 3.05) is 52.2 Å². The second-order valence-corrected chi connectivity index (χ2v) is 10.0. The van der Waals surface area contributed by atoms with Gasteiger partial charge in [-0.2, -0.15) is 0 Å². The minimum absolute atomic E-state index is 0.0556. The number of piperazine rings is 1. The van der Waals surface area contributed by atoms with Gasteiger partial charge in [-0.1, -0.05) is 29.8 Å². The Morgan fingerprint density at radius 3 is 2.36 bits per heavy atom. The van der Waals surface area contributed by atoms with Gasteiger partial charge in [-0.15, -0.1) is 11.3 Å². The number of hydrogen-bond acceptors (Lipinski definition) is 7. The first-order valence-electron chi connectivity index (χ1n) is 12.1. The third kappa shape index (κ3) is 4.67. The van der Waals surface area contributed by atoms with E-state index < -0.39 is 0 Å². The lowest BCUT2D eigenvalue weighted by molar-refractivity contribution is 0.0620. The van der Waals surface area contributed by atoms with Crippen LogP contribution in [0.25, 0.3) is 32.6 Å². The molecule has 1 saturated heterocycles. The van der Waals surface area contributed by atoms with Gasteiger partial charge >= 0.3 is 0 Å². The van der Waals surface area contributed by atoms with Crippen LogP contribution in [0.2, 0.25) is 0 Å². The number of amides is 1. The molecule has 2 aromatic heterocycles. The number of nitrogens with two attached hydrogens (primary N) is 1. The van der Waals surface area contributed by atoms with Crippen LogP contribution >= 0.6 is 11.3 Å². The molecule has 1 aliphatic heterocycles. The number of aromatic nitrogens is 1. The summed E-state index contributed by atoms with van der Waals surface area (Å²) in [6, 6.07) is 18.2. The molecule has 8 heteroatoms. The second kappa shape index (κ2) is 10.3. The first-order valence-corrected chi connectivity index (χ1v) is 12.9. The summed E-state index contributed by atoms with van der Waals surface area (Å²) in [5.74, 6) is 0.728. The normalized spacial score (nSPS) is 14.4. The minimum Gasteiger partial charge on any atom is -0.497 e. The van der Waals surface area contributed by atoms with Crippen molar-refractivity contribution in [1.29, 1.82) is 0 Å². The predicted octanol–water partition coefficient (Wildman–Crippen LogP) is 4.28. The van der Waals surface area contributed by atoms with Crippen LogP contribution in [0.15, 0.2) is 54.6 Å². The van der Waals surface area contributed by atoms with Crippen LogP contribution in [0.3, 0.4) is 0 Å². The monoisotopic (exact) mass is 502 g/mol. The van der Waals surface area contributed by atoms with Crippen LogP contribution in [-0.2, 0) is 0 Å². The Kier molecular flexibility index (Phi) is 6.91. The van der Waals surface area contributed by atoms with Crippen molar-refractivity contribution in [3.8, 4) is 28.1 Å². The number of nitrogens with zero attached hydrogens (tertiary/aromatic N) is 3. The number of β-amino-alcohol motifs (C(OH)–C–C–N with tert-alkyl or cyclic N) is 1. The number of anilines is 1. The number of fused-ring (bicyclic) bond motifs is 1. The van der Waals surface area contributed by atoms with Gasteiger partial charge in [0.15, 0.2) is 0 Å². The summed E-state index contributed by atoms with van der Waals surface area (Å²) in [6.07, 6.45) is 0. The Morgan fingerprint density at radius 1 is 1.06 bits per heavy atom. The summed E-state index contributed by atoms with van der Waals surface area (Å²) in [4.78, 5) is 23.8. The number of ether oxygens (including phenoxy) is 1. The number of benzene rings is 2. The summed E-state index contributed by atoms with van der Waals surface area (Å²) >= 11 is 1.36. The van der Waals surface area contributed by atoms with Gasteiger partial charge in [0.1, 0.15) is 15.5 Å². The maximum atomic E-state index is 13.5. The van der Waals surface area contributed by atoms with Crippen LogP contribution in [0.5, 0.6) is 5.75 Å². The number of pyridine rings is 1. The number of carbonyl (C=O) groups excluding carboxylic acids is 1. The highest BCUT2D eigenvalue weighted by molar-refractivity contribution is 7.21. The Morgan fingerprint density at radius 2 is 1.72 bits per heavy atom. The van der Waals surface area contributed by atoms with Gasteiger partial charge in [0.25, 0.3) is 5.91 Å². The highest BCUT2D eigenvalue weighted by Crippen LogP contribution is 2.42. The summed E-state index contributed by atoms with van der Waals surface area (Å²) in [7, 11) is 1.65. The van der Waals surface area contributed by atoms with Crippen molar-refractivity contribution in [2.45, 2.75) is 6.92 Å². The van der Waals surface area contributed by atoms with E-state index in [1.807, 2.05) is 29.2 Å². The largest absolute Gasteiger partial charge is 0.497 e. The number of methoxy groups -OCH3 is 1. The standard InChI is InChI=1S/C28H30N4O3S/c1-18-3-5-19(6-4-18)22-17-23(20-7-9-21(35-2)10-8-20)30-27-24(22)25(29)26(36-27)28(34)32-13-11-31(12-14-32)15-16-33/h3-10,17,33H,11-16,29H2,1-2H3. The first-order chi connectivity index (χ1) is 17.5. The molecule has 5 rings (SSSR count). The Bertz CT molecular complexity index is 1370. The molecular weight excluding hydrogens is 472 g/mol. The molecule has 1 amide bonds. The summed E-state index contributed by atoms with van der Waals surface area (Å²) in [5.41, 5.74) is 12.1. The van der Waals surface area contributed by atoms with Gasteiger partial charge < -0.3 is 20.5 Å². The zero-order valence-corrected chi connectivity index (χ0v) is 21.3. The van der Waals surface area contributed by atoms with Crippen LogP contribution in [-0.4, -0.2) is 72.2 Å². The Hall–Kier alpha value is -3.46. The van der Waals surface area contributed by atoms with E-state index >= 15 is 0 Å². The first kappa shape index (κ1) is 24.2. The molecule has 0 radical (unpaired) electrons. The number of nitrogen functional groups attached to an aromatic ring is 1. The quantitative estimate of drug-likeness (QED) is 0.409. The highest BCUT2D eigenvalue weighted by atomic mass is 32.1. The lowest BCUT2D eigenvalue weighted by Gasteiger charge is -2.34. The molecule has 2 aromatic carbocycles. The number of thiophene rings is 1. The molecule has 0 unspecified atom stereocenters. The number of carbonyl (C=O) groups is 1. The zero-order chi connectivity index (χ0) is 25.2. The number of aliphatic hydroxyl groups is 1. The van der Waals surface area contributed by atoms with Crippen molar-refractivity contribution >= 4 is 33.1 Å². The van der Waals surface area contributed by atoms with E-state index in [0.29, 0.717) is 30.2 Å². The van der Waals surface area contributed by atoms with Crippen LogP contribution in [0.4, 0.5) is 5.69 Å². The van der Waals surface area contributed by atoms with Crippen molar-refractivity contribution in [1.82, 2.24) is 14.8 Å². The van der Waals surface area contributed by atoms with E-state index in [2.05, 4.69) is 42.2 Å². The minimum atomic E-state index is -0.0556. The van der Waals surface area contributed by atoms with E-state index in [-0.39, 0.29) is 12.5 Å². The Balaban J connectivity index is 1.58. The maximum Gasteiger partial charge on any atom is 0.266 e. The fourth-order valence-corrected chi connectivity index (χ4v) is 5.70. The smallest absolute Gasteiger partial charge is 0.266 e.